The fourth-order valence-corrected chi connectivity index (χ4v) is 21.2. The van der Waals surface area contributed by atoms with Gasteiger partial charge in [0.15, 0.2) is 4.96 Å². The van der Waals surface area contributed by atoms with Gasteiger partial charge >= 0.3 is 11.7 Å². The lowest BCUT2D eigenvalue weighted by atomic mass is 9.93. The molecule has 37 nitrogen and oxygen atoms in total. The quantitative estimate of drug-likeness (QED) is 0.0855. The highest BCUT2D eigenvalue weighted by Gasteiger charge is 2.35. The van der Waals surface area contributed by atoms with Crippen molar-refractivity contribution in [2.75, 3.05) is 0 Å². The fourth-order valence-electron chi connectivity index (χ4n) is 20.5. The fraction of sp³-hybridized carbons (Fsp3) is 0.308. The summed E-state index contributed by atoms with van der Waals surface area (Å²) in [6, 6.07) is 38.2. The zero-order valence-corrected chi connectivity index (χ0v) is 81.7. The lowest BCUT2D eigenvalue weighted by molar-refractivity contribution is 0.0724. The van der Waals surface area contributed by atoms with Crippen LogP contribution in [-0.2, 0) is 58.3 Å². The zero-order chi connectivity index (χ0) is 98.1. The Bertz CT molecular complexity index is 8990. The molecule has 0 radical (unpaired) electrons. The molecule has 7 aliphatic rings. The lowest BCUT2D eigenvalue weighted by Gasteiger charge is -2.25. The van der Waals surface area contributed by atoms with Crippen LogP contribution in [-0.4, -0.2) is 154 Å². The van der Waals surface area contributed by atoms with E-state index in [-0.39, 0.29) is 16.7 Å². The van der Waals surface area contributed by atoms with E-state index in [1.54, 1.807) is 97.7 Å². The van der Waals surface area contributed by atoms with E-state index in [0.29, 0.717) is 74.6 Å². The monoisotopic (exact) mass is 1950 g/mol. The number of aromatic nitrogens is 30. The minimum Gasteiger partial charge on any atom is -0.432 e. The van der Waals surface area contributed by atoms with Crippen molar-refractivity contribution in [1.82, 2.24) is 144 Å². The molecule has 0 bridgehead atoms. The van der Waals surface area contributed by atoms with Crippen LogP contribution in [0.1, 0.15) is 177 Å². The molecular formula is C107H102N30O7S. The van der Waals surface area contributed by atoms with Crippen LogP contribution in [0.2, 0.25) is 0 Å². The number of aliphatic hydroxyl groups is 2. The SMILES string of the molecule is CC(C)(O)c1cnc2ccc(-c3c(-c4ccn(C5CC5)n4)nc4n3CCC4)cn12.CC(C)(O)c1cnc2ccc(-c3c(-c4ccn(C5CC5)n4)nc4occn34)cn12.Cn1cnc2ccc(-c3c(-c4ccn(C5CCC5)n4)nc4n3CCC4)cc2c1=O.Cn1cnc2ccc(-c3c(-c4ccn(C5CCC5)n4)nc4occn34)cc2c1=O.Cn1cnc2ccc(-c3c(-c4ccn(C5CCC5)n4)nc4sccn34)cc2c1=O. The molecule has 5 fully saturated rings. The Morgan fingerprint density at radius 3 is 1.06 bits per heavy atom. The predicted octanol–water partition coefficient (Wildman–Crippen LogP) is 17.9. The van der Waals surface area contributed by atoms with Gasteiger partial charge in [-0.1, -0.05) is 18.2 Å². The maximum Gasteiger partial charge on any atom is 0.306 e. The van der Waals surface area contributed by atoms with E-state index in [1.165, 1.54) is 103 Å². The van der Waals surface area contributed by atoms with E-state index in [2.05, 4.69) is 100 Å². The van der Waals surface area contributed by atoms with Crippen LogP contribution < -0.4 is 16.7 Å². The summed E-state index contributed by atoms with van der Waals surface area (Å²) in [5.74, 6) is 3.24. The number of rotatable bonds is 17. The van der Waals surface area contributed by atoms with E-state index in [9.17, 15) is 24.6 Å². The summed E-state index contributed by atoms with van der Waals surface area (Å²) in [6.45, 7) is 9.01. The first-order chi connectivity index (χ1) is 70.5. The van der Waals surface area contributed by atoms with E-state index < -0.39 is 11.2 Å². The van der Waals surface area contributed by atoms with Crippen LogP contribution in [0.4, 0.5) is 0 Å². The molecule has 0 unspecified atom stereocenters. The number of nitrogens with zero attached hydrogens (tertiary/aromatic N) is 30. The number of pyridine rings is 2. The van der Waals surface area contributed by atoms with Crippen molar-refractivity contribution in [2.24, 2.45) is 21.1 Å². The van der Waals surface area contributed by atoms with Gasteiger partial charge in [-0.2, -0.15) is 35.5 Å². The first kappa shape index (κ1) is 88.7. The van der Waals surface area contributed by atoms with Gasteiger partial charge in [-0.25, -0.2) is 39.9 Å². The van der Waals surface area contributed by atoms with Crippen molar-refractivity contribution in [3.63, 3.8) is 0 Å². The van der Waals surface area contributed by atoms with Gasteiger partial charge in [0.1, 0.15) is 104 Å². The Kier molecular flexibility index (Phi) is 21.2. The van der Waals surface area contributed by atoms with Crippen molar-refractivity contribution in [1.29, 1.82) is 0 Å². The lowest BCUT2D eigenvalue weighted by Crippen LogP contribution is -2.18. The van der Waals surface area contributed by atoms with E-state index in [4.69, 9.17) is 54.3 Å². The number of imidazole rings is 7. The molecule has 2 aliphatic heterocycles. The second kappa shape index (κ2) is 34.7. The largest absolute Gasteiger partial charge is 0.432 e. The average molecular weight is 1950 g/mol. The van der Waals surface area contributed by atoms with Crippen molar-refractivity contribution in [2.45, 2.75) is 191 Å². The normalized spacial score (nSPS) is 15.5. The number of hydrogen-bond donors (Lipinski definition) is 2. The number of hydrogen-bond acceptors (Lipinski definition) is 23. The number of aryl methyl sites for hydroxylation is 5. The van der Waals surface area contributed by atoms with Gasteiger partial charge in [0.25, 0.3) is 16.7 Å². The highest BCUT2D eigenvalue weighted by atomic mass is 32.1. The first-order valence-electron chi connectivity index (χ1n) is 49.7. The average Bonchev–Trinajstić information content (AvgIpc) is 1.60. The van der Waals surface area contributed by atoms with Gasteiger partial charge < -0.3 is 50.7 Å². The molecule has 0 saturated heterocycles. The molecule has 0 amide bonds. The number of thiazole rings is 1. The van der Waals surface area contributed by atoms with Crippen molar-refractivity contribution >= 4 is 72.0 Å². The summed E-state index contributed by atoms with van der Waals surface area (Å²) in [6.07, 6.45) is 51.2. The van der Waals surface area contributed by atoms with Gasteiger partial charge in [-0.15, -0.1) is 11.3 Å². The molecule has 2 N–H and O–H groups in total. The predicted molar refractivity (Wildman–Crippen MR) is 547 cm³/mol. The van der Waals surface area contributed by atoms with Crippen LogP contribution in [0.3, 0.4) is 0 Å². The summed E-state index contributed by atoms with van der Waals surface area (Å²) in [7, 11) is 5.15. The standard InChI is InChI=1S/C22H24N6O.C22H22N6O.C21H20N6O2.C21H18N6O2.C21H18N6OS/c1-22(2,29)17-12-23-18-8-5-14(13-27(17)18)21-20(24-19-4-3-10-26(19)21)16-9-11-28(25-16)15-6-7-15;1-26-13-23-17-8-7-14(12-16(17)22(26)29)21-20(24-19-6-3-10-27(19)21)18-9-11-28(25-18)15-4-2-5-15;1-21(2,28)16-11-22-17-6-3-13(12-26(16)17)19-18(23-20-25(19)9-10-29-20)15-7-8-27(24-15)14-4-5-14;2*1-25-12-22-16-6-5-13(11-15(16)20(25)28)19-18(23-21-26(19)9-10-29-21)17-7-8-27(24-17)14-3-2-4-14/h5,8-9,11-13,15,29H,3-4,6-7,10H2,1-2H3;7-9,11-13,15H,2-6,10H2,1H3;3,6-12,14,28H,4-5H2,1-2H3;2*5-12,14H,2-4H2,1H3. The Morgan fingerprint density at radius 1 is 0.352 bits per heavy atom. The van der Waals surface area contributed by atoms with Gasteiger partial charge in [0.05, 0.1) is 134 Å². The molecule has 23 aromatic rings. The topological polar surface area (TPSA) is 383 Å². The highest BCUT2D eigenvalue weighted by Crippen LogP contribution is 2.46. The molecule has 30 rings (SSSR count). The van der Waals surface area contributed by atoms with Crippen LogP contribution in [0.5, 0.6) is 0 Å². The Balaban J connectivity index is 0.0000000923. The molecule has 38 heteroatoms. The van der Waals surface area contributed by atoms with Gasteiger partial charge in [0, 0.05) is 142 Å². The third-order valence-corrected chi connectivity index (χ3v) is 30.0. The van der Waals surface area contributed by atoms with Crippen LogP contribution in [0, 0.1) is 0 Å². The molecule has 0 spiro atoms. The summed E-state index contributed by atoms with van der Waals surface area (Å²) in [5, 5.41) is 48.9. The summed E-state index contributed by atoms with van der Waals surface area (Å²) in [4.78, 5) is 84.9. The number of benzene rings is 3. The van der Waals surface area contributed by atoms with Crippen molar-refractivity contribution in [3.05, 3.63) is 275 Å². The number of oxazole rings is 2. The van der Waals surface area contributed by atoms with E-state index in [1.807, 2.05) is 161 Å². The number of fused-ring (bicyclic) bond motifs is 10. The molecule has 20 aromatic heterocycles. The molecule has 728 valence electrons. The third-order valence-electron chi connectivity index (χ3n) is 29.3. The third kappa shape index (κ3) is 15.8. The molecule has 22 heterocycles. The second-order valence-corrected chi connectivity index (χ2v) is 40.9. The van der Waals surface area contributed by atoms with Crippen LogP contribution in [0.25, 0.3) is 174 Å². The highest BCUT2D eigenvalue weighted by molar-refractivity contribution is 7.15. The van der Waals surface area contributed by atoms with E-state index in [0.717, 1.165) is 191 Å². The van der Waals surface area contributed by atoms with E-state index >= 15 is 0 Å². The Labute approximate surface area is 830 Å². The molecule has 5 aliphatic carbocycles. The molecular weight excluding hydrogens is 1850 g/mol. The minimum absolute atomic E-state index is 0.0335. The van der Waals surface area contributed by atoms with Gasteiger partial charge in [0.2, 0.25) is 0 Å². The molecule has 5 saturated carbocycles. The molecule has 3 aromatic carbocycles. The zero-order valence-electron chi connectivity index (χ0n) is 80.9. The molecule has 0 atom stereocenters. The Morgan fingerprint density at radius 2 is 0.690 bits per heavy atom. The van der Waals surface area contributed by atoms with Crippen LogP contribution in [0.15, 0.2) is 244 Å². The van der Waals surface area contributed by atoms with Crippen LogP contribution >= 0.6 is 11.3 Å². The minimum atomic E-state index is -1.01. The van der Waals surface area contributed by atoms with Crippen molar-refractivity contribution < 1.29 is 19.0 Å². The first-order valence-corrected chi connectivity index (χ1v) is 50.5. The van der Waals surface area contributed by atoms with Gasteiger partial charge in [-0.05, 0) is 215 Å². The van der Waals surface area contributed by atoms with Gasteiger partial charge in [-0.3, -0.25) is 51.0 Å². The van der Waals surface area contributed by atoms with Crippen molar-refractivity contribution in [3.8, 4) is 113 Å². The maximum atomic E-state index is 12.6. The summed E-state index contributed by atoms with van der Waals surface area (Å²) < 4.78 is 40.3. The summed E-state index contributed by atoms with van der Waals surface area (Å²) >= 11 is 1.59. The summed E-state index contributed by atoms with van der Waals surface area (Å²) in [5.41, 5.74) is 21.2. The smallest absolute Gasteiger partial charge is 0.306 e. The Hall–Kier alpha value is -16.5. The molecule has 145 heavy (non-hydrogen) atoms. The maximum absolute atomic E-state index is 12.6. The second-order valence-electron chi connectivity index (χ2n) is 40.1.